The van der Waals surface area contributed by atoms with Crippen molar-refractivity contribution in [2.24, 2.45) is 0 Å². The third kappa shape index (κ3) is 5.08. The molecule has 2 aromatic carbocycles. The Kier molecular flexibility index (Phi) is 5.88. The zero-order valence-corrected chi connectivity index (χ0v) is 15.0. The number of amides is 1. The predicted octanol–water partition coefficient (Wildman–Crippen LogP) is 4.00. The lowest BCUT2D eigenvalue weighted by molar-refractivity contribution is 0.125. The van der Waals surface area contributed by atoms with E-state index in [1.165, 1.54) is 5.56 Å². The SMILES string of the molecule is O=C(NC1CC(NCc2cccc(Br)c2)C1)OCc1ccccc1. The topological polar surface area (TPSA) is 50.4 Å². The van der Waals surface area contributed by atoms with Crippen LogP contribution in [0.3, 0.4) is 0 Å². The molecular weight excluding hydrogens is 368 g/mol. The highest BCUT2D eigenvalue weighted by Crippen LogP contribution is 2.21. The van der Waals surface area contributed by atoms with Crippen LogP contribution in [0.25, 0.3) is 0 Å². The molecule has 0 spiro atoms. The Morgan fingerprint density at radius 1 is 1.04 bits per heavy atom. The fourth-order valence-corrected chi connectivity index (χ4v) is 3.19. The van der Waals surface area contributed by atoms with Crippen LogP contribution in [0.15, 0.2) is 59.1 Å². The maximum atomic E-state index is 11.8. The monoisotopic (exact) mass is 388 g/mol. The van der Waals surface area contributed by atoms with Gasteiger partial charge in [-0.25, -0.2) is 4.79 Å². The summed E-state index contributed by atoms with van der Waals surface area (Å²) in [7, 11) is 0. The highest BCUT2D eigenvalue weighted by atomic mass is 79.9. The van der Waals surface area contributed by atoms with Gasteiger partial charge < -0.3 is 15.4 Å². The summed E-state index contributed by atoms with van der Waals surface area (Å²) in [5, 5.41) is 6.43. The summed E-state index contributed by atoms with van der Waals surface area (Å²) in [6, 6.07) is 18.6. The minimum Gasteiger partial charge on any atom is -0.445 e. The van der Waals surface area contributed by atoms with Crippen molar-refractivity contribution < 1.29 is 9.53 Å². The Morgan fingerprint density at radius 3 is 2.54 bits per heavy atom. The molecule has 5 heteroatoms. The summed E-state index contributed by atoms with van der Waals surface area (Å²) in [4.78, 5) is 11.8. The van der Waals surface area contributed by atoms with Crippen LogP contribution in [0.5, 0.6) is 0 Å². The van der Waals surface area contributed by atoms with Gasteiger partial charge in [-0.05, 0) is 36.1 Å². The van der Waals surface area contributed by atoms with Gasteiger partial charge >= 0.3 is 6.09 Å². The number of benzene rings is 2. The van der Waals surface area contributed by atoms with Gasteiger partial charge in [0.15, 0.2) is 0 Å². The van der Waals surface area contributed by atoms with Crippen molar-refractivity contribution in [1.82, 2.24) is 10.6 Å². The predicted molar refractivity (Wildman–Crippen MR) is 97.6 cm³/mol. The van der Waals surface area contributed by atoms with Crippen molar-refractivity contribution in [2.45, 2.75) is 38.1 Å². The largest absolute Gasteiger partial charge is 0.445 e. The van der Waals surface area contributed by atoms with Gasteiger partial charge in [0, 0.05) is 23.1 Å². The minimum atomic E-state index is -0.339. The Balaban J connectivity index is 1.31. The minimum absolute atomic E-state index is 0.202. The smallest absolute Gasteiger partial charge is 0.407 e. The maximum Gasteiger partial charge on any atom is 0.407 e. The number of nitrogens with one attached hydrogen (secondary N) is 2. The van der Waals surface area contributed by atoms with E-state index < -0.39 is 0 Å². The van der Waals surface area contributed by atoms with Crippen molar-refractivity contribution in [1.29, 1.82) is 0 Å². The summed E-state index contributed by atoms with van der Waals surface area (Å²) in [6.07, 6.45) is 1.54. The molecule has 126 valence electrons. The molecule has 1 aliphatic rings. The number of hydrogen-bond donors (Lipinski definition) is 2. The zero-order valence-electron chi connectivity index (χ0n) is 13.4. The van der Waals surface area contributed by atoms with Gasteiger partial charge in [0.1, 0.15) is 6.61 Å². The molecule has 3 rings (SSSR count). The van der Waals surface area contributed by atoms with Crippen LogP contribution >= 0.6 is 15.9 Å². The van der Waals surface area contributed by atoms with Gasteiger partial charge in [-0.1, -0.05) is 58.4 Å². The molecule has 0 saturated heterocycles. The lowest BCUT2D eigenvalue weighted by atomic mass is 9.87. The highest BCUT2D eigenvalue weighted by Gasteiger charge is 2.30. The maximum absolute atomic E-state index is 11.8. The van der Waals surface area contributed by atoms with Gasteiger partial charge in [0.2, 0.25) is 0 Å². The number of halogens is 1. The second kappa shape index (κ2) is 8.31. The van der Waals surface area contributed by atoms with Gasteiger partial charge in [0.05, 0.1) is 0 Å². The van der Waals surface area contributed by atoms with Crippen LogP contribution in [-0.2, 0) is 17.9 Å². The Morgan fingerprint density at radius 2 is 1.79 bits per heavy atom. The average Bonchev–Trinajstić information content (AvgIpc) is 2.56. The summed E-state index contributed by atoms with van der Waals surface area (Å²) >= 11 is 3.48. The lowest BCUT2D eigenvalue weighted by Crippen LogP contribution is -2.52. The van der Waals surface area contributed by atoms with Gasteiger partial charge in [-0.15, -0.1) is 0 Å². The first kappa shape index (κ1) is 17.0. The molecule has 0 heterocycles. The van der Waals surface area contributed by atoms with Gasteiger partial charge in [-0.3, -0.25) is 0 Å². The molecule has 2 aromatic rings. The fraction of sp³-hybridized carbons (Fsp3) is 0.316. The quantitative estimate of drug-likeness (QED) is 0.786. The Bertz CT molecular complexity index is 672. The van der Waals surface area contributed by atoms with E-state index in [9.17, 15) is 4.79 Å². The number of rotatable bonds is 6. The van der Waals surface area contributed by atoms with Crippen LogP contribution in [0.2, 0.25) is 0 Å². The third-order valence-corrected chi connectivity index (χ3v) is 4.65. The molecule has 1 fully saturated rings. The van der Waals surface area contributed by atoms with Gasteiger partial charge in [0.25, 0.3) is 0 Å². The van der Waals surface area contributed by atoms with Gasteiger partial charge in [-0.2, -0.15) is 0 Å². The van der Waals surface area contributed by atoms with Crippen molar-refractivity contribution >= 4 is 22.0 Å². The van der Waals surface area contributed by atoms with E-state index in [0.717, 1.165) is 29.4 Å². The molecule has 4 nitrogen and oxygen atoms in total. The fourth-order valence-electron chi connectivity index (χ4n) is 2.74. The van der Waals surface area contributed by atoms with Crippen molar-refractivity contribution in [2.75, 3.05) is 0 Å². The molecule has 1 amide bonds. The number of hydrogen-bond acceptors (Lipinski definition) is 3. The number of ether oxygens (including phenoxy) is 1. The number of carbonyl (C=O) groups excluding carboxylic acids is 1. The summed E-state index contributed by atoms with van der Waals surface area (Å²) in [5.41, 5.74) is 2.25. The van der Waals surface area contributed by atoms with Crippen LogP contribution < -0.4 is 10.6 Å². The normalized spacial score (nSPS) is 19.4. The number of carbonyl (C=O) groups is 1. The van der Waals surface area contributed by atoms with Crippen LogP contribution in [0.1, 0.15) is 24.0 Å². The lowest BCUT2D eigenvalue weighted by Gasteiger charge is -2.36. The first-order valence-corrected chi connectivity index (χ1v) is 8.93. The molecule has 0 bridgehead atoms. The van der Waals surface area contributed by atoms with E-state index in [-0.39, 0.29) is 12.1 Å². The molecule has 0 aliphatic heterocycles. The molecule has 0 unspecified atom stereocenters. The van der Waals surface area contributed by atoms with E-state index in [1.54, 1.807) is 0 Å². The van der Waals surface area contributed by atoms with Crippen LogP contribution in [0.4, 0.5) is 4.79 Å². The van der Waals surface area contributed by atoms with Crippen LogP contribution in [0, 0.1) is 0 Å². The van der Waals surface area contributed by atoms with E-state index in [0.29, 0.717) is 12.6 Å². The standard InChI is InChI=1S/C19H21BrN2O2/c20-16-8-4-7-15(9-16)12-21-17-10-18(11-17)22-19(23)24-13-14-5-2-1-3-6-14/h1-9,17-18,21H,10-13H2,(H,22,23). The van der Waals surface area contributed by atoms with E-state index >= 15 is 0 Å². The average molecular weight is 389 g/mol. The Hall–Kier alpha value is -1.85. The van der Waals surface area contributed by atoms with Crippen molar-refractivity contribution in [3.8, 4) is 0 Å². The molecule has 0 radical (unpaired) electrons. The second-order valence-electron chi connectivity index (χ2n) is 6.08. The zero-order chi connectivity index (χ0) is 16.8. The number of alkyl carbamates (subject to hydrolysis) is 1. The third-order valence-electron chi connectivity index (χ3n) is 4.16. The van der Waals surface area contributed by atoms with Crippen molar-refractivity contribution in [3.05, 3.63) is 70.2 Å². The van der Waals surface area contributed by atoms with Crippen LogP contribution in [-0.4, -0.2) is 18.2 Å². The van der Waals surface area contributed by atoms with E-state index in [1.807, 2.05) is 42.5 Å². The van der Waals surface area contributed by atoms with E-state index in [4.69, 9.17) is 4.74 Å². The van der Waals surface area contributed by atoms with Crippen molar-refractivity contribution in [3.63, 3.8) is 0 Å². The summed E-state index contributed by atoms with van der Waals surface area (Å²) in [5.74, 6) is 0. The summed E-state index contributed by atoms with van der Waals surface area (Å²) in [6.45, 7) is 1.15. The molecule has 0 aromatic heterocycles. The first-order chi connectivity index (χ1) is 11.7. The first-order valence-electron chi connectivity index (χ1n) is 8.14. The molecule has 1 saturated carbocycles. The summed E-state index contributed by atoms with van der Waals surface area (Å²) < 4.78 is 6.33. The van der Waals surface area contributed by atoms with E-state index in [2.05, 4.69) is 38.7 Å². The Labute approximate surface area is 150 Å². The second-order valence-corrected chi connectivity index (χ2v) is 7.00. The molecule has 2 N–H and O–H groups in total. The molecular formula is C19H21BrN2O2. The highest BCUT2D eigenvalue weighted by molar-refractivity contribution is 9.10. The molecule has 0 atom stereocenters. The molecule has 1 aliphatic carbocycles. The molecule has 24 heavy (non-hydrogen) atoms.